The summed E-state index contributed by atoms with van der Waals surface area (Å²) in [6.07, 6.45) is -2.35. The number of alkyl halides is 3. The van der Waals surface area contributed by atoms with Gasteiger partial charge in [0, 0.05) is 31.6 Å². The molecule has 2 atom stereocenters. The van der Waals surface area contributed by atoms with E-state index in [4.69, 9.17) is 0 Å². The van der Waals surface area contributed by atoms with Crippen LogP contribution in [0.3, 0.4) is 0 Å². The molecule has 1 amide bonds. The highest BCUT2D eigenvalue weighted by atomic mass is 19.4. The number of benzene rings is 1. The van der Waals surface area contributed by atoms with Crippen molar-refractivity contribution in [3.63, 3.8) is 0 Å². The van der Waals surface area contributed by atoms with Crippen LogP contribution < -0.4 is 10.6 Å². The Kier molecular flexibility index (Phi) is 5.45. The normalized spacial score (nSPS) is 21.2. The molecule has 2 aliphatic rings. The van der Waals surface area contributed by atoms with E-state index in [1.807, 2.05) is 12.1 Å². The van der Waals surface area contributed by atoms with Crippen molar-refractivity contribution in [1.29, 1.82) is 0 Å². The van der Waals surface area contributed by atoms with Gasteiger partial charge < -0.3 is 15.5 Å². The van der Waals surface area contributed by atoms with Crippen molar-refractivity contribution in [3.05, 3.63) is 59.4 Å². The summed E-state index contributed by atoms with van der Waals surface area (Å²) >= 11 is 0. The predicted molar refractivity (Wildman–Crippen MR) is 113 cm³/mol. The van der Waals surface area contributed by atoms with Crippen LogP contribution in [-0.4, -0.2) is 48.1 Å². The fourth-order valence-corrected chi connectivity index (χ4v) is 4.54. The van der Waals surface area contributed by atoms with Gasteiger partial charge in [0.2, 0.25) is 5.91 Å². The van der Waals surface area contributed by atoms with Gasteiger partial charge in [-0.25, -0.2) is 0 Å². The zero-order valence-corrected chi connectivity index (χ0v) is 17.8. The zero-order chi connectivity index (χ0) is 22.4. The van der Waals surface area contributed by atoms with Crippen molar-refractivity contribution in [3.8, 4) is 0 Å². The maximum Gasteiger partial charge on any atom is 0.414 e. The van der Waals surface area contributed by atoms with Crippen LogP contribution >= 0.6 is 0 Å². The molecule has 0 saturated carbocycles. The number of halogens is 3. The summed E-state index contributed by atoms with van der Waals surface area (Å²) in [5.41, 5.74) is 2.91. The topological polar surface area (TPSA) is 57.3 Å². The van der Waals surface area contributed by atoms with Crippen LogP contribution in [0.15, 0.2) is 42.6 Å². The first-order valence-corrected chi connectivity index (χ1v) is 10.4. The number of anilines is 1. The average Bonchev–Trinajstić information content (AvgIpc) is 2.91. The number of aromatic nitrogens is 1. The molecule has 2 heterocycles. The Bertz CT molecular complexity index is 954. The van der Waals surface area contributed by atoms with Crippen LogP contribution in [0.1, 0.15) is 36.7 Å². The minimum absolute atomic E-state index is 0.103. The van der Waals surface area contributed by atoms with Crippen LogP contribution in [0, 0.1) is 5.92 Å². The molecule has 0 bridgehead atoms. The second-order valence-corrected chi connectivity index (χ2v) is 9.00. The Labute approximate surface area is 180 Å². The minimum atomic E-state index is -4.61. The van der Waals surface area contributed by atoms with Crippen LogP contribution in [0.5, 0.6) is 0 Å². The van der Waals surface area contributed by atoms with Gasteiger partial charge in [0.1, 0.15) is 0 Å². The molecule has 1 aliphatic heterocycles. The summed E-state index contributed by atoms with van der Waals surface area (Å²) in [7, 11) is 1.20. The van der Waals surface area contributed by atoms with E-state index in [2.05, 4.69) is 41.6 Å². The Hall–Kier alpha value is -2.61. The van der Waals surface area contributed by atoms with E-state index in [0.717, 1.165) is 11.3 Å². The summed E-state index contributed by atoms with van der Waals surface area (Å²) in [6.45, 7) is 5.13. The fourth-order valence-electron chi connectivity index (χ4n) is 4.54. The molecular weight excluding hydrogens is 405 g/mol. The van der Waals surface area contributed by atoms with E-state index in [1.165, 1.54) is 30.4 Å². The van der Waals surface area contributed by atoms with E-state index in [-0.39, 0.29) is 17.2 Å². The molecule has 1 aliphatic carbocycles. The Morgan fingerprint density at radius 3 is 2.48 bits per heavy atom. The molecule has 5 nitrogen and oxygen atoms in total. The zero-order valence-electron chi connectivity index (χ0n) is 17.8. The van der Waals surface area contributed by atoms with Crippen molar-refractivity contribution in [2.75, 3.05) is 25.5 Å². The van der Waals surface area contributed by atoms with E-state index in [1.54, 1.807) is 6.07 Å². The summed E-state index contributed by atoms with van der Waals surface area (Å²) in [5.74, 6) is -0.933. The molecule has 166 valence electrons. The largest absolute Gasteiger partial charge is 0.414 e. The van der Waals surface area contributed by atoms with Crippen LogP contribution in [-0.2, 0) is 16.6 Å². The molecule has 4 rings (SSSR count). The van der Waals surface area contributed by atoms with Crippen molar-refractivity contribution in [2.24, 2.45) is 5.92 Å². The smallest absolute Gasteiger partial charge is 0.380 e. The van der Waals surface area contributed by atoms with Crippen LogP contribution in [0.2, 0.25) is 0 Å². The molecule has 31 heavy (non-hydrogen) atoms. The number of rotatable bonds is 5. The summed E-state index contributed by atoms with van der Waals surface area (Å²) in [5, 5.41) is 6.36. The lowest BCUT2D eigenvalue weighted by atomic mass is 9.83. The van der Waals surface area contributed by atoms with Gasteiger partial charge in [-0.05, 0) is 29.7 Å². The van der Waals surface area contributed by atoms with Gasteiger partial charge in [-0.2, -0.15) is 13.2 Å². The lowest BCUT2D eigenvalue weighted by Crippen LogP contribution is -2.53. The minimum Gasteiger partial charge on any atom is -0.380 e. The molecule has 0 radical (unpaired) electrons. The van der Waals surface area contributed by atoms with Gasteiger partial charge in [0.25, 0.3) is 0 Å². The fraction of sp³-hybridized carbons (Fsp3) is 0.478. The molecule has 1 fully saturated rings. The molecule has 2 aromatic rings. The van der Waals surface area contributed by atoms with Gasteiger partial charge in [0.15, 0.2) is 6.04 Å². The molecule has 2 N–H and O–H groups in total. The Morgan fingerprint density at radius 1 is 1.23 bits per heavy atom. The van der Waals surface area contributed by atoms with Crippen LogP contribution in [0.4, 0.5) is 18.9 Å². The number of nitrogens with zero attached hydrogens (tertiary/aromatic N) is 2. The van der Waals surface area contributed by atoms with E-state index < -0.39 is 24.0 Å². The predicted octanol–water partition coefficient (Wildman–Crippen LogP) is 3.68. The standard InChI is InChI=1S/C23H27F3N4O/c1-22(2)17-7-5-4-6-14(17)10-19(22)29-16-8-9-18(28-13-16)20(23(24,25)26)30(3)21(31)15-11-27-12-15/h4-9,13,15,19-20,27,29H,10-12H2,1-3H3. The average molecular weight is 432 g/mol. The van der Waals surface area contributed by atoms with Crippen molar-refractivity contribution >= 4 is 11.6 Å². The molecular formula is C23H27F3N4O. The molecule has 8 heteroatoms. The lowest BCUT2D eigenvalue weighted by Gasteiger charge is -2.35. The van der Waals surface area contributed by atoms with Gasteiger partial charge in [-0.1, -0.05) is 38.1 Å². The van der Waals surface area contributed by atoms with Crippen LogP contribution in [0.25, 0.3) is 0 Å². The number of fused-ring (bicyclic) bond motifs is 1. The number of carbonyl (C=O) groups excluding carboxylic acids is 1. The first-order valence-electron chi connectivity index (χ1n) is 10.4. The van der Waals surface area contributed by atoms with Gasteiger partial charge in [0.05, 0.1) is 23.5 Å². The van der Waals surface area contributed by atoms with E-state index >= 15 is 0 Å². The number of nitrogens with one attached hydrogen (secondary N) is 2. The highest BCUT2D eigenvalue weighted by Gasteiger charge is 2.47. The first kappa shape index (κ1) is 21.6. The van der Waals surface area contributed by atoms with Gasteiger partial charge in [-0.3, -0.25) is 9.78 Å². The number of pyridine rings is 1. The first-order chi connectivity index (χ1) is 14.6. The quantitative estimate of drug-likeness (QED) is 0.757. The second kappa shape index (κ2) is 7.82. The summed E-state index contributed by atoms with van der Waals surface area (Å²) in [4.78, 5) is 17.3. The van der Waals surface area contributed by atoms with Gasteiger partial charge in [-0.15, -0.1) is 0 Å². The molecule has 1 aromatic heterocycles. The SMILES string of the molecule is CN(C(=O)C1CNC1)C(c1ccc(NC2Cc3ccccc3C2(C)C)cn1)C(F)(F)F. The lowest BCUT2D eigenvalue weighted by molar-refractivity contribution is -0.191. The number of amides is 1. The van der Waals surface area contributed by atoms with Gasteiger partial charge >= 0.3 is 6.18 Å². The molecule has 1 aromatic carbocycles. The third kappa shape index (κ3) is 4.01. The molecule has 0 spiro atoms. The molecule has 1 saturated heterocycles. The maximum atomic E-state index is 13.8. The highest BCUT2D eigenvalue weighted by molar-refractivity contribution is 5.80. The summed E-state index contributed by atoms with van der Waals surface area (Å²) < 4.78 is 41.5. The Morgan fingerprint density at radius 2 is 1.94 bits per heavy atom. The number of hydrogen-bond acceptors (Lipinski definition) is 4. The third-order valence-electron chi connectivity index (χ3n) is 6.59. The van der Waals surface area contributed by atoms with E-state index in [9.17, 15) is 18.0 Å². The second-order valence-electron chi connectivity index (χ2n) is 9.00. The third-order valence-corrected chi connectivity index (χ3v) is 6.59. The van der Waals surface area contributed by atoms with Crippen molar-refractivity contribution < 1.29 is 18.0 Å². The number of hydrogen-bond donors (Lipinski definition) is 2. The summed E-state index contributed by atoms with van der Waals surface area (Å²) in [6, 6.07) is 9.28. The molecule has 2 unspecified atom stereocenters. The maximum absolute atomic E-state index is 13.8. The number of carbonyl (C=O) groups is 1. The van der Waals surface area contributed by atoms with Crippen molar-refractivity contribution in [2.45, 2.75) is 43.9 Å². The monoisotopic (exact) mass is 432 g/mol. The van der Waals surface area contributed by atoms with Crippen molar-refractivity contribution in [1.82, 2.24) is 15.2 Å². The van der Waals surface area contributed by atoms with E-state index in [0.29, 0.717) is 18.8 Å². The highest BCUT2D eigenvalue weighted by Crippen LogP contribution is 2.40. The Balaban J connectivity index is 1.52.